The molecular weight excluding hydrogens is 316 g/mol. The SMILES string of the molecule is Brc1ccccc1NCCN(Cc1ccco1)C1CC1. The molecule has 106 valence electrons. The van der Waals surface area contributed by atoms with Crippen molar-refractivity contribution in [2.45, 2.75) is 25.4 Å². The molecule has 0 unspecified atom stereocenters. The monoisotopic (exact) mass is 334 g/mol. The summed E-state index contributed by atoms with van der Waals surface area (Å²) in [7, 11) is 0. The fraction of sp³-hybridized carbons (Fsp3) is 0.375. The van der Waals surface area contributed by atoms with Crippen molar-refractivity contribution in [3.63, 3.8) is 0 Å². The van der Waals surface area contributed by atoms with E-state index in [1.165, 1.54) is 12.8 Å². The predicted molar refractivity (Wildman–Crippen MR) is 84.8 cm³/mol. The second-order valence-corrected chi connectivity index (χ2v) is 6.04. The summed E-state index contributed by atoms with van der Waals surface area (Å²) in [5.74, 6) is 1.05. The van der Waals surface area contributed by atoms with Crippen LogP contribution in [0.4, 0.5) is 5.69 Å². The minimum Gasteiger partial charge on any atom is -0.468 e. The lowest BCUT2D eigenvalue weighted by molar-refractivity contribution is 0.242. The molecule has 3 rings (SSSR count). The van der Waals surface area contributed by atoms with E-state index in [1.807, 2.05) is 12.1 Å². The van der Waals surface area contributed by atoms with Gasteiger partial charge < -0.3 is 9.73 Å². The Bertz CT molecular complexity index is 537. The lowest BCUT2D eigenvalue weighted by Gasteiger charge is -2.21. The van der Waals surface area contributed by atoms with Gasteiger partial charge in [0.15, 0.2) is 0 Å². The van der Waals surface area contributed by atoms with Crippen LogP contribution >= 0.6 is 15.9 Å². The maximum Gasteiger partial charge on any atom is 0.117 e. The number of nitrogens with zero attached hydrogens (tertiary/aromatic N) is 1. The maximum absolute atomic E-state index is 5.46. The normalized spacial score (nSPS) is 14.7. The zero-order chi connectivity index (χ0) is 13.8. The second-order valence-electron chi connectivity index (χ2n) is 5.19. The number of anilines is 1. The van der Waals surface area contributed by atoms with E-state index in [0.29, 0.717) is 0 Å². The van der Waals surface area contributed by atoms with Crippen LogP contribution in [-0.4, -0.2) is 24.0 Å². The summed E-state index contributed by atoms with van der Waals surface area (Å²) in [5.41, 5.74) is 1.15. The van der Waals surface area contributed by atoms with Crippen molar-refractivity contribution >= 4 is 21.6 Å². The number of rotatable bonds is 7. The summed E-state index contributed by atoms with van der Waals surface area (Å²) >= 11 is 3.56. The first-order valence-electron chi connectivity index (χ1n) is 7.08. The molecule has 3 nitrogen and oxygen atoms in total. The van der Waals surface area contributed by atoms with E-state index in [9.17, 15) is 0 Å². The molecule has 0 saturated heterocycles. The molecule has 1 saturated carbocycles. The van der Waals surface area contributed by atoms with Gasteiger partial charge in [0, 0.05) is 29.3 Å². The summed E-state index contributed by atoms with van der Waals surface area (Å²) in [5, 5.41) is 3.49. The molecule has 4 heteroatoms. The topological polar surface area (TPSA) is 28.4 Å². The third kappa shape index (κ3) is 3.64. The van der Waals surface area contributed by atoms with Crippen LogP contribution in [0.3, 0.4) is 0 Å². The fourth-order valence-electron chi connectivity index (χ4n) is 2.37. The molecule has 0 aliphatic heterocycles. The molecule has 1 aliphatic rings. The Kier molecular flexibility index (Phi) is 4.43. The molecule has 1 heterocycles. The third-order valence-corrected chi connectivity index (χ3v) is 4.28. The van der Waals surface area contributed by atoms with E-state index in [0.717, 1.165) is 41.6 Å². The molecule has 20 heavy (non-hydrogen) atoms. The summed E-state index contributed by atoms with van der Waals surface area (Å²) in [4.78, 5) is 2.50. The Morgan fingerprint density at radius 1 is 1.20 bits per heavy atom. The Hall–Kier alpha value is -1.26. The van der Waals surface area contributed by atoms with Crippen molar-refractivity contribution in [1.82, 2.24) is 4.90 Å². The van der Waals surface area contributed by atoms with E-state index >= 15 is 0 Å². The van der Waals surface area contributed by atoms with Crippen LogP contribution in [0, 0.1) is 0 Å². The number of hydrogen-bond donors (Lipinski definition) is 1. The minimum absolute atomic E-state index is 0.737. The summed E-state index contributed by atoms with van der Waals surface area (Å²) in [6.45, 7) is 2.89. The first-order valence-corrected chi connectivity index (χ1v) is 7.87. The van der Waals surface area contributed by atoms with Gasteiger partial charge in [0.05, 0.1) is 12.8 Å². The molecule has 1 aromatic heterocycles. The van der Waals surface area contributed by atoms with Crippen LogP contribution in [0.15, 0.2) is 51.6 Å². The molecule has 1 aliphatic carbocycles. The van der Waals surface area contributed by atoms with Crippen LogP contribution in [0.5, 0.6) is 0 Å². The molecule has 0 amide bonds. The van der Waals surface area contributed by atoms with Crippen LogP contribution in [0.2, 0.25) is 0 Å². The molecule has 0 radical (unpaired) electrons. The van der Waals surface area contributed by atoms with Gasteiger partial charge in [-0.2, -0.15) is 0 Å². The molecular formula is C16H19BrN2O. The molecule has 1 fully saturated rings. The van der Waals surface area contributed by atoms with Crippen molar-refractivity contribution < 1.29 is 4.42 Å². The van der Waals surface area contributed by atoms with Crippen LogP contribution in [0.25, 0.3) is 0 Å². The van der Waals surface area contributed by atoms with E-state index in [1.54, 1.807) is 6.26 Å². The minimum atomic E-state index is 0.737. The lowest BCUT2D eigenvalue weighted by atomic mass is 10.3. The van der Waals surface area contributed by atoms with E-state index in [2.05, 4.69) is 50.4 Å². The first-order chi connectivity index (χ1) is 9.83. The van der Waals surface area contributed by atoms with Gasteiger partial charge in [0.2, 0.25) is 0 Å². The standard InChI is InChI=1S/C16H19BrN2O/c17-15-5-1-2-6-16(15)18-9-10-19(13-7-8-13)12-14-4-3-11-20-14/h1-6,11,13,18H,7-10,12H2. The Balaban J connectivity index is 1.51. The quantitative estimate of drug-likeness (QED) is 0.825. The lowest BCUT2D eigenvalue weighted by Crippen LogP contribution is -2.30. The van der Waals surface area contributed by atoms with Gasteiger partial charge in [-0.3, -0.25) is 4.90 Å². The highest BCUT2D eigenvalue weighted by molar-refractivity contribution is 9.10. The van der Waals surface area contributed by atoms with E-state index in [4.69, 9.17) is 4.42 Å². The molecule has 0 atom stereocenters. The first kappa shape index (κ1) is 13.7. The highest BCUT2D eigenvalue weighted by atomic mass is 79.9. The predicted octanol–water partition coefficient (Wildman–Crippen LogP) is 4.12. The Morgan fingerprint density at radius 3 is 2.75 bits per heavy atom. The molecule has 0 spiro atoms. The van der Waals surface area contributed by atoms with Crippen LogP contribution < -0.4 is 5.32 Å². The average molecular weight is 335 g/mol. The number of nitrogens with one attached hydrogen (secondary N) is 1. The number of benzene rings is 1. The van der Waals surface area contributed by atoms with Gasteiger partial charge in [0.1, 0.15) is 5.76 Å². The van der Waals surface area contributed by atoms with Gasteiger partial charge in [-0.1, -0.05) is 12.1 Å². The fourth-order valence-corrected chi connectivity index (χ4v) is 2.80. The summed E-state index contributed by atoms with van der Waals surface area (Å²) in [6.07, 6.45) is 4.38. The molecule has 2 aromatic rings. The molecule has 1 aromatic carbocycles. The molecule has 1 N–H and O–H groups in total. The number of hydrogen-bond acceptors (Lipinski definition) is 3. The highest BCUT2D eigenvalue weighted by Crippen LogP contribution is 2.28. The largest absolute Gasteiger partial charge is 0.468 e. The van der Waals surface area contributed by atoms with Crippen molar-refractivity contribution in [3.05, 3.63) is 52.9 Å². The third-order valence-electron chi connectivity index (χ3n) is 3.59. The van der Waals surface area contributed by atoms with Crippen molar-refractivity contribution in [3.8, 4) is 0 Å². The summed E-state index contributed by atoms with van der Waals surface area (Å²) in [6, 6.07) is 13.0. The Labute approximate surface area is 128 Å². The smallest absolute Gasteiger partial charge is 0.117 e. The van der Waals surface area contributed by atoms with E-state index < -0.39 is 0 Å². The number of para-hydroxylation sites is 1. The zero-order valence-corrected chi connectivity index (χ0v) is 13.0. The maximum atomic E-state index is 5.46. The second kappa shape index (κ2) is 6.46. The molecule has 0 bridgehead atoms. The number of furan rings is 1. The highest BCUT2D eigenvalue weighted by Gasteiger charge is 2.29. The zero-order valence-electron chi connectivity index (χ0n) is 11.4. The Morgan fingerprint density at radius 2 is 2.05 bits per heavy atom. The van der Waals surface area contributed by atoms with Gasteiger partial charge in [-0.25, -0.2) is 0 Å². The average Bonchev–Trinajstić information content (AvgIpc) is 3.18. The summed E-state index contributed by atoms with van der Waals surface area (Å²) < 4.78 is 6.57. The number of halogens is 1. The van der Waals surface area contributed by atoms with Crippen molar-refractivity contribution in [1.29, 1.82) is 0 Å². The van der Waals surface area contributed by atoms with Crippen molar-refractivity contribution in [2.75, 3.05) is 18.4 Å². The van der Waals surface area contributed by atoms with Gasteiger partial charge >= 0.3 is 0 Å². The van der Waals surface area contributed by atoms with Gasteiger partial charge in [0.25, 0.3) is 0 Å². The van der Waals surface area contributed by atoms with Crippen LogP contribution in [-0.2, 0) is 6.54 Å². The van der Waals surface area contributed by atoms with Gasteiger partial charge in [-0.05, 0) is 53.0 Å². The van der Waals surface area contributed by atoms with Gasteiger partial charge in [-0.15, -0.1) is 0 Å². The van der Waals surface area contributed by atoms with E-state index in [-0.39, 0.29) is 0 Å². The van der Waals surface area contributed by atoms with Crippen molar-refractivity contribution in [2.24, 2.45) is 0 Å². The van der Waals surface area contributed by atoms with Crippen LogP contribution in [0.1, 0.15) is 18.6 Å².